The third-order valence-electron chi connectivity index (χ3n) is 2.91. The van der Waals surface area contributed by atoms with E-state index in [0.29, 0.717) is 24.3 Å². The average Bonchev–Trinajstić information content (AvgIpc) is 2.18. The normalized spacial score (nSPS) is 15.1. The first-order chi connectivity index (χ1) is 8.09. The van der Waals surface area contributed by atoms with Crippen LogP contribution in [0.2, 0.25) is 0 Å². The van der Waals surface area contributed by atoms with Gasteiger partial charge in [-0.3, -0.25) is 14.9 Å². The van der Waals surface area contributed by atoms with Gasteiger partial charge in [0.25, 0.3) is 5.69 Å². The number of nitro groups is 1. The lowest BCUT2D eigenvalue weighted by molar-refractivity contribution is -0.385. The lowest BCUT2D eigenvalue weighted by Crippen LogP contribution is -2.48. The zero-order valence-electron chi connectivity index (χ0n) is 9.40. The van der Waals surface area contributed by atoms with Gasteiger partial charge in [-0.1, -0.05) is 6.07 Å². The van der Waals surface area contributed by atoms with Crippen LogP contribution in [0.1, 0.15) is 5.56 Å². The molecule has 2 rings (SSSR count). The number of nitro benzene ring substituents is 1. The van der Waals surface area contributed by atoms with Gasteiger partial charge >= 0.3 is 0 Å². The van der Waals surface area contributed by atoms with Crippen LogP contribution < -0.4 is 10.6 Å². The number of nitrogens with zero attached hydrogens (tertiary/aromatic N) is 1. The van der Waals surface area contributed by atoms with Gasteiger partial charge in [0.2, 0.25) is 5.91 Å². The van der Waals surface area contributed by atoms with Crippen molar-refractivity contribution < 1.29 is 9.72 Å². The van der Waals surface area contributed by atoms with E-state index >= 15 is 0 Å². The number of benzene rings is 1. The number of rotatable bonds is 3. The zero-order valence-corrected chi connectivity index (χ0v) is 9.40. The molecule has 0 spiro atoms. The van der Waals surface area contributed by atoms with E-state index in [1.54, 1.807) is 19.1 Å². The highest BCUT2D eigenvalue weighted by atomic mass is 16.6. The van der Waals surface area contributed by atoms with Gasteiger partial charge in [-0.15, -0.1) is 0 Å². The topological polar surface area (TPSA) is 84.3 Å². The molecule has 1 amide bonds. The van der Waals surface area contributed by atoms with Crippen molar-refractivity contribution in [1.82, 2.24) is 5.32 Å². The minimum absolute atomic E-state index is 0.0227. The van der Waals surface area contributed by atoms with E-state index in [9.17, 15) is 14.9 Å². The Hall–Kier alpha value is -1.95. The van der Waals surface area contributed by atoms with E-state index in [2.05, 4.69) is 10.6 Å². The van der Waals surface area contributed by atoms with Gasteiger partial charge in [-0.2, -0.15) is 0 Å². The molecule has 0 atom stereocenters. The van der Waals surface area contributed by atoms with Crippen molar-refractivity contribution in [2.24, 2.45) is 5.92 Å². The van der Waals surface area contributed by atoms with E-state index in [4.69, 9.17) is 0 Å². The molecule has 1 fully saturated rings. The zero-order chi connectivity index (χ0) is 12.4. The highest BCUT2D eigenvalue weighted by Gasteiger charge is 2.25. The Morgan fingerprint density at radius 3 is 2.76 bits per heavy atom. The van der Waals surface area contributed by atoms with Crippen LogP contribution in [-0.4, -0.2) is 23.9 Å². The van der Waals surface area contributed by atoms with Crippen molar-refractivity contribution in [3.63, 3.8) is 0 Å². The van der Waals surface area contributed by atoms with Crippen molar-refractivity contribution in [3.05, 3.63) is 33.9 Å². The van der Waals surface area contributed by atoms with Crippen molar-refractivity contribution in [2.75, 3.05) is 18.4 Å². The van der Waals surface area contributed by atoms with Crippen LogP contribution in [0.5, 0.6) is 0 Å². The van der Waals surface area contributed by atoms with Gasteiger partial charge < -0.3 is 10.6 Å². The molecule has 17 heavy (non-hydrogen) atoms. The summed E-state index contributed by atoms with van der Waals surface area (Å²) >= 11 is 0. The van der Waals surface area contributed by atoms with Gasteiger partial charge in [0, 0.05) is 19.2 Å². The number of carbonyl (C=O) groups excluding carboxylic acids is 1. The second-order valence-electron chi connectivity index (χ2n) is 4.05. The highest BCUT2D eigenvalue weighted by molar-refractivity contribution is 5.94. The molecule has 0 bridgehead atoms. The number of nitrogens with one attached hydrogen (secondary N) is 2. The molecule has 2 N–H and O–H groups in total. The quantitative estimate of drug-likeness (QED) is 0.606. The summed E-state index contributed by atoms with van der Waals surface area (Å²) < 4.78 is 0. The van der Waals surface area contributed by atoms with Crippen LogP contribution in [-0.2, 0) is 4.79 Å². The average molecular weight is 235 g/mol. The SMILES string of the molecule is Cc1c(NC(=O)C2CNC2)cccc1[N+](=O)[O-]. The first-order valence-corrected chi connectivity index (χ1v) is 5.35. The Morgan fingerprint density at radius 2 is 2.24 bits per heavy atom. The third-order valence-corrected chi connectivity index (χ3v) is 2.91. The standard InChI is InChI=1S/C11H13N3O3/c1-7-9(3-2-4-10(7)14(16)17)13-11(15)8-5-12-6-8/h2-4,8,12H,5-6H2,1H3,(H,13,15). The molecule has 0 aromatic heterocycles. The molecule has 1 saturated heterocycles. The minimum Gasteiger partial charge on any atom is -0.325 e. The molecular formula is C11H13N3O3. The molecule has 1 aliphatic rings. The highest BCUT2D eigenvalue weighted by Crippen LogP contribution is 2.25. The molecule has 0 saturated carbocycles. The Kier molecular flexibility index (Phi) is 3.06. The Balaban J connectivity index is 2.18. The van der Waals surface area contributed by atoms with Crippen LogP contribution in [0.4, 0.5) is 11.4 Å². The van der Waals surface area contributed by atoms with Crippen molar-refractivity contribution in [2.45, 2.75) is 6.92 Å². The molecule has 1 heterocycles. The summed E-state index contributed by atoms with van der Waals surface area (Å²) in [5.41, 5.74) is 1.02. The molecule has 90 valence electrons. The fourth-order valence-electron chi connectivity index (χ4n) is 1.67. The maximum Gasteiger partial charge on any atom is 0.274 e. The summed E-state index contributed by atoms with van der Waals surface area (Å²) in [6, 6.07) is 4.67. The predicted octanol–water partition coefficient (Wildman–Crippen LogP) is 1.06. The summed E-state index contributed by atoms with van der Waals surface area (Å²) in [5.74, 6) is -0.124. The summed E-state index contributed by atoms with van der Waals surface area (Å²) in [5, 5.41) is 16.5. The van der Waals surface area contributed by atoms with Crippen molar-refractivity contribution in [1.29, 1.82) is 0 Å². The maximum atomic E-state index is 11.7. The Bertz CT molecular complexity index is 469. The summed E-state index contributed by atoms with van der Waals surface area (Å²) in [4.78, 5) is 22.0. The van der Waals surface area contributed by atoms with Gasteiger partial charge in [-0.05, 0) is 13.0 Å². The molecular weight excluding hydrogens is 222 g/mol. The molecule has 0 unspecified atom stereocenters. The number of hydrogen-bond acceptors (Lipinski definition) is 4. The number of carbonyl (C=O) groups is 1. The Morgan fingerprint density at radius 1 is 1.53 bits per heavy atom. The largest absolute Gasteiger partial charge is 0.325 e. The first-order valence-electron chi connectivity index (χ1n) is 5.35. The maximum absolute atomic E-state index is 11.7. The Labute approximate surface area is 98.2 Å². The van der Waals surface area contributed by atoms with Crippen LogP contribution >= 0.6 is 0 Å². The van der Waals surface area contributed by atoms with Crippen molar-refractivity contribution in [3.8, 4) is 0 Å². The van der Waals surface area contributed by atoms with E-state index in [0.717, 1.165) is 0 Å². The fourth-order valence-corrected chi connectivity index (χ4v) is 1.67. The van der Waals surface area contributed by atoms with Crippen molar-refractivity contribution >= 4 is 17.3 Å². The fraction of sp³-hybridized carbons (Fsp3) is 0.364. The molecule has 1 aromatic rings. The minimum atomic E-state index is -0.449. The van der Waals surface area contributed by atoms with Crippen LogP contribution in [0, 0.1) is 23.0 Å². The van der Waals surface area contributed by atoms with Crippen LogP contribution in [0.15, 0.2) is 18.2 Å². The van der Waals surface area contributed by atoms with Gasteiger partial charge in [-0.25, -0.2) is 0 Å². The van der Waals surface area contributed by atoms with Crippen LogP contribution in [0.3, 0.4) is 0 Å². The summed E-state index contributed by atoms with van der Waals surface area (Å²) in [6.07, 6.45) is 0. The second-order valence-corrected chi connectivity index (χ2v) is 4.05. The smallest absolute Gasteiger partial charge is 0.274 e. The molecule has 1 aliphatic heterocycles. The van der Waals surface area contributed by atoms with E-state index < -0.39 is 4.92 Å². The monoisotopic (exact) mass is 235 g/mol. The summed E-state index contributed by atoms with van der Waals surface area (Å²) in [7, 11) is 0. The van der Waals surface area contributed by atoms with Gasteiger partial charge in [0.1, 0.15) is 0 Å². The number of hydrogen-bond donors (Lipinski definition) is 2. The van der Waals surface area contributed by atoms with E-state index in [1.165, 1.54) is 6.07 Å². The van der Waals surface area contributed by atoms with Gasteiger partial charge in [0.15, 0.2) is 0 Å². The first kappa shape index (κ1) is 11.5. The van der Waals surface area contributed by atoms with Gasteiger partial charge in [0.05, 0.1) is 22.1 Å². The molecule has 6 nitrogen and oxygen atoms in total. The van der Waals surface area contributed by atoms with Crippen LogP contribution in [0.25, 0.3) is 0 Å². The third kappa shape index (κ3) is 2.26. The predicted molar refractivity (Wildman–Crippen MR) is 62.8 cm³/mol. The van der Waals surface area contributed by atoms with E-state index in [1.807, 2.05) is 0 Å². The number of anilines is 1. The second kappa shape index (κ2) is 4.50. The molecule has 0 aliphatic carbocycles. The molecule has 6 heteroatoms. The molecule has 0 radical (unpaired) electrons. The lowest BCUT2D eigenvalue weighted by atomic mass is 10.0. The number of amides is 1. The lowest BCUT2D eigenvalue weighted by Gasteiger charge is -2.26. The van der Waals surface area contributed by atoms with E-state index in [-0.39, 0.29) is 17.5 Å². The summed E-state index contributed by atoms with van der Waals surface area (Å²) in [6.45, 7) is 2.96. The molecule has 1 aromatic carbocycles.